The van der Waals surface area contributed by atoms with Gasteiger partial charge in [0.05, 0.1) is 5.56 Å². The molecule has 0 atom stereocenters. The summed E-state index contributed by atoms with van der Waals surface area (Å²) in [4.78, 5) is 35.7. The normalized spacial score (nSPS) is 10.3. The maximum absolute atomic E-state index is 12.1. The number of aromatic carboxylic acids is 1. The van der Waals surface area contributed by atoms with Crippen LogP contribution in [0, 0.1) is 5.92 Å². The summed E-state index contributed by atoms with van der Waals surface area (Å²) in [5, 5.41) is 11.5. The topological polar surface area (TPSA) is 86.7 Å². The lowest BCUT2D eigenvalue weighted by molar-refractivity contribution is -0.124. The van der Waals surface area contributed by atoms with Crippen molar-refractivity contribution in [3.8, 4) is 0 Å². The molecule has 0 spiro atoms. The van der Waals surface area contributed by atoms with Crippen molar-refractivity contribution < 1.29 is 19.5 Å². The molecular formula is C15H20N2O4. The molecule has 1 aromatic rings. The number of rotatable bonds is 6. The van der Waals surface area contributed by atoms with Crippen LogP contribution in [0.4, 0.5) is 0 Å². The van der Waals surface area contributed by atoms with E-state index in [9.17, 15) is 14.4 Å². The summed E-state index contributed by atoms with van der Waals surface area (Å²) in [7, 11) is 1.63. The van der Waals surface area contributed by atoms with Crippen molar-refractivity contribution in [3.05, 3.63) is 35.4 Å². The molecule has 0 fully saturated rings. The molecule has 21 heavy (non-hydrogen) atoms. The van der Waals surface area contributed by atoms with E-state index in [-0.39, 0.29) is 23.3 Å². The first-order valence-electron chi connectivity index (χ1n) is 6.69. The SMILES string of the molecule is CC(C)C(=O)NCCN(C)C(=O)c1ccc(C(=O)O)cc1. The van der Waals surface area contributed by atoms with E-state index in [1.807, 2.05) is 0 Å². The first-order chi connectivity index (χ1) is 9.82. The first-order valence-corrected chi connectivity index (χ1v) is 6.69. The monoisotopic (exact) mass is 292 g/mol. The molecule has 0 saturated carbocycles. The molecule has 2 amide bonds. The molecule has 2 N–H and O–H groups in total. The van der Waals surface area contributed by atoms with Crippen LogP contribution in [-0.4, -0.2) is 47.9 Å². The van der Waals surface area contributed by atoms with Crippen LogP contribution in [0.2, 0.25) is 0 Å². The molecule has 0 bridgehead atoms. The van der Waals surface area contributed by atoms with Gasteiger partial charge in [-0.05, 0) is 24.3 Å². The zero-order chi connectivity index (χ0) is 16.0. The highest BCUT2D eigenvalue weighted by molar-refractivity contribution is 5.95. The number of nitrogens with one attached hydrogen (secondary N) is 1. The summed E-state index contributed by atoms with van der Waals surface area (Å²) in [6, 6.07) is 5.75. The standard InChI is InChI=1S/C15H20N2O4/c1-10(2)13(18)16-8-9-17(3)14(19)11-4-6-12(7-5-11)15(20)21/h4-7,10H,8-9H2,1-3H3,(H,16,18)(H,20,21). The highest BCUT2D eigenvalue weighted by Crippen LogP contribution is 2.07. The molecule has 1 aromatic carbocycles. The van der Waals surface area contributed by atoms with Crippen molar-refractivity contribution >= 4 is 17.8 Å². The van der Waals surface area contributed by atoms with E-state index in [0.29, 0.717) is 18.7 Å². The Balaban J connectivity index is 2.54. The Morgan fingerprint density at radius 2 is 1.67 bits per heavy atom. The summed E-state index contributed by atoms with van der Waals surface area (Å²) in [5.41, 5.74) is 0.552. The van der Waals surface area contributed by atoms with Gasteiger partial charge in [0, 0.05) is 31.6 Å². The smallest absolute Gasteiger partial charge is 0.335 e. The van der Waals surface area contributed by atoms with E-state index < -0.39 is 5.97 Å². The third-order valence-electron chi connectivity index (χ3n) is 3.00. The lowest BCUT2D eigenvalue weighted by atomic mass is 10.1. The van der Waals surface area contributed by atoms with Crippen LogP contribution >= 0.6 is 0 Å². The largest absolute Gasteiger partial charge is 0.478 e. The molecule has 6 heteroatoms. The molecule has 0 heterocycles. The van der Waals surface area contributed by atoms with E-state index in [1.165, 1.54) is 29.2 Å². The molecule has 0 aromatic heterocycles. The Bertz CT molecular complexity index is 523. The number of carboxylic acid groups (broad SMARTS) is 1. The van der Waals surface area contributed by atoms with Crippen LogP contribution in [0.5, 0.6) is 0 Å². The lowest BCUT2D eigenvalue weighted by Crippen LogP contribution is -2.37. The van der Waals surface area contributed by atoms with Gasteiger partial charge in [0.2, 0.25) is 5.91 Å². The van der Waals surface area contributed by atoms with E-state index in [1.54, 1.807) is 20.9 Å². The molecule has 0 unspecified atom stereocenters. The molecule has 1 rings (SSSR count). The molecule has 0 saturated heterocycles. The van der Waals surface area contributed by atoms with E-state index in [4.69, 9.17) is 5.11 Å². The minimum atomic E-state index is -1.03. The lowest BCUT2D eigenvalue weighted by Gasteiger charge is -2.18. The third-order valence-corrected chi connectivity index (χ3v) is 3.00. The molecule has 0 aliphatic heterocycles. The molecule has 0 aliphatic rings. The quantitative estimate of drug-likeness (QED) is 0.825. The first kappa shape index (κ1) is 16.7. The Labute approximate surface area is 123 Å². The summed E-state index contributed by atoms with van der Waals surface area (Å²) in [6.45, 7) is 4.37. The Kier molecular flexibility index (Phi) is 5.90. The average molecular weight is 292 g/mol. The number of amides is 2. The summed E-state index contributed by atoms with van der Waals surface area (Å²) in [6.07, 6.45) is 0. The number of likely N-dealkylation sites (N-methyl/N-ethyl adjacent to an activating group) is 1. The second kappa shape index (κ2) is 7.42. The number of carbonyl (C=O) groups is 3. The van der Waals surface area contributed by atoms with Crippen molar-refractivity contribution in [1.82, 2.24) is 10.2 Å². The highest BCUT2D eigenvalue weighted by Gasteiger charge is 2.13. The van der Waals surface area contributed by atoms with Gasteiger partial charge in [-0.25, -0.2) is 4.79 Å². The average Bonchev–Trinajstić information content (AvgIpc) is 2.46. The van der Waals surface area contributed by atoms with Crippen LogP contribution in [0.15, 0.2) is 24.3 Å². The molecule has 0 aliphatic carbocycles. The van der Waals surface area contributed by atoms with Crippen molar-refractivity contribution in [2.45, 2.75) is 13.8 Å². The van der Waals surface area contributed by atoms with E-state index >= 15 is 0 Å². The number of benzene rings is 1. The van der Waals surface area contributed by atoms with Crippen LogP contribution in [-0.2, 0) is 4.79 Å². The van der Waals surface area contributed by atoms with E-state index in [2.05, 4.69) is 5.32 Å². The Hall–Kier alpha value is -2.37. The van der Waals surface area contributed by atoms with Gasteiger partial charge >= 0.3 is 5.97 Å². The second-order valence-corrected chi connectivity index (χ2v) is 5.05. The Morgan fingerprint density at radius 1 is 1.14 bits per heavy atom. The number of carbonyl (C=O) groups excluding carboxylic acids is 2. The summed E-state index contributed by atoms with van der Waals surface area (Å²) < 4.78 is 0. The maximum atomic E-state index is 12.1. The van der Waals surface area contributed by atoms with Crippen LogP contribution in [0.3, 0.4) is 0 Å². The van der Waals surface area contributed by atoms with Gasteiger partial charge in [-0.1, -0.05) is 13.8 Å². The molecule has 114 valence electrons. The van der Waals surface area contributed by atoms with Crippen LogP contribution in [0.25, 0.3) is 0 Å². The van der Waals surface area contributed by atoms with Gasteiger partial charge in [0.15, 0.2) is 0 Å². The fraction of sp³-hybridized carbons (Fsp3) is 0.400. The predicted molar refractivity (Wildman–Crippen MR) is 78.2 cm³/mol. The number of hydrogen-bond acceptors (Lipinski definition) is 3. The zero-order valence-corrected chi connectivity index (χ0v) is 12.4. The Morgan fingerprint density at radius 3 is 2.14 bits per heavy atom. The number of carboxylic acids is 1. The fourth-order valence-electron chi connectivity index (χ4n) is 1.63. The minimum Gasteiger partial charge on any atom is -0.478 e. The highest BCUT2D eigenvalue weighted by atomic mass is 16.4. The van der Waals surface area contributed by atoms with Gasteiger partial charge in [-0.15, -0.1) is 0 Å². The van der Waals surface area contributed by atoms with Gasteiger partial charge in [0.1, 0.15) is 0 Å². The van der Waals surface area contributed by atoms with Crippen LogP contribution in [0.1, 0.15) is 34.6 Å². The number of hydrogen-bond donors (Lipinski definition) is 2. The van der Waals surface area contributed by atoms with Gasteiger partial charge in [0.25, 0.3) is 5.91 Å². The molecule has 6 nitrogen and oxygen atoms in total. The van der Waals surface area contributed by atoms with Crippen molar-refractivity contribution in [3.63, 3.8) is 0 Å². The van der Waals surface area contributed by atoms with Gasteiger partial charge < -0.3 is 15.3 Å². The van der Waals surface area contributed by atoms with Crippen molar-refractivity contribution in [1.29, 1.82) is 0 Å². The molecule has 0 radical (unpaired) electrons. The molecular weight excluding hydrogens is 272 g/mol. The van der Waals surface area contributed by atoms with Gasteiger partial charge in [-0.3, -0.25) is 9.59 Å². The van der Waals surface area contributed by atoms with Crippen LogP contribution < -0.4 is 5.32 Å². The summed E-state index contributed by atoms with van der Waals surface area (Å²) >= 11 is 0. The van der Waals surface area contributed by atoms with E-state index in [0.717, 1.165) is 0 Å². The summed E-state index contributed by atoms with van der Waals surface area (Å²) in [5.74, 6) is -1.39. The van der Waals surface area contributed by atoms with Gasteiger partial charge in [-0.2, -0.15) is 0 Å². The minimum absolute atomic E-state index is 0.0540. The third kappa shape index (κ3) is 4.91. The van der Waals surface area contributed by atoms with Crippen molar-refractivity contribution in [2.24, 2.45) is 5.92 Å². The predicted octanol–water partition coefficient (Wildman–Crippen LogP) is 1.23. The zero-order valence-electron chi connectivity index (χ0n) is 12.4. The maximum Gasteiger partial charge on any atom is 0.335 e. The second-order valence-electron chi connectivity index (χ2n) is 5.05. The van der Waals surface area contributed by atoms with Crippen molar-refractivity contribution in [2.75, 3.05) is 20.1 Å². The number of nitrogens with zero attached hydrogens (tertiary/aromatic N) is 1. The fourth-order valence-corrected chi connectivity index (χ4v) is 1.63.